The van der Waals surface area contributed by atoms with E-state index in [1.807, 2.05) is 0 Å². The Morgan fingerprint density at radius 1 is 1.30 bits per heavy atom. The van der Waals surface area contributed by atoms with E-state index in [1.165, 1.54) is 6.07 Å². The number of esters is 1. The summed E-state index contributed by atoms with van der Waals surface area (Å²) in [5, 5.41) is 11.2. The molecular formula is C14H12Cl2O4. The maximum atomic E-state index is 12.1. The molecule has 2 aliphatic rings. The molecule has 1 aromatic carbocycles. The van der Waals surface area contributed by atoms with Gasteiger partial charge in [0.05, 0.1) is 11.6 Å². The van der Waals surface area contributed by atoms with Crippen LogP contribution in [0.2, 0.25) is 10.0 Å². The van der Waals surface area contributed by atoms with Gasteiger partial charge >= 0.3 is 5.97 Å². The minimum absolute atomic E-state index is 0.0946. The first-order chi connectivity index (χ1) is 9.53. The predicted octanol–water partition coefficient (Wildman–Crippen LogP) is 3.37. The molecule has 2 aliphatic heterocycles. The van der Waals surface area contributed by atoms with Gasteiger partial charge in [-0.2, -0.15) is 0 Å². The lowest BCUT2D eigenvalue weighted by Crippen LogP contribution is -2.41. The largest absolute Gasteiger partial charge is 0.507 e. The van der Waals surface area contributed by atoms with Crippen LogP contribution in [0.5, 0.6) is 0 Å². The molecule has 1 aromatic rings. The summed E-state index contributed by atoms with van der Waals surface area (Å²) in [4.78, 5) is 12.1. The average Bonchev–Trinajstić information content (AvgIpc) is 2.63. The van der Waals surface area contributed by atoms with Crippen molar-refractivity contribution in [2.75, 3.05) is 13.2 Å². The van der Waals surface area contributed by atoms with Gasteiger partial charge in [0.25, 0.3) is 0 Å². The summed E-state index contributed by atoms with van der Waals surface area (Å²) in [6.07, 6.45) is 1.26. The van der Waals surface area contributed by atoms with Crippen LogP contribution in [0.25, 0.3) is 5.57 Å². The van der Waals surface area contributed by atoms with E-state index in [4.69, 9.17) is 32.7 Å². The van der Waals surface area contributed by atoms with Crippen molar-refractivity contribution in [1.29, 1.82) is 0 Å². The van der Waals surface area contributed by atoms with E-state index in [2.05, 4.69) is 0 Å². The molecule has 2 heterocycles. The van der Waals surface area contributed by atoms with Crippen molar-refractivity contribution in [2.45, 2.75) is 18.4 Å². The lowest BCUT2D eigenvalue weighted by Gasteiger charge is -2.31. The van der Waals surface area contributed by atoms with Gasteiger partial charge in [-0.1, -0.05) is 29.3 Å². The van der Waals surface area contributed by atoms with Crippen LogP contribution in [-0.2, 0) is 14.3 Å². The maximum absolute atomic E-state index is 12.1. The van der Waals surface area contributed by atoms with Gasteiger partial charge in [-0.25, -0.2) is 4.79 Å². The SMILES string of the molecule is O=C1OC2(CCCOC2)C(O)=C1c1ccc(Cl)cc1Cl. The Morgan fingerprint density at radius 3 is 2.75 bits per heavy atom. The Kier molecular flexibility index (Phi) is 3.40. The molecule has 1 N–H and O–H groups in total. The Morgan fingerprint density at radius 2 is 2.10 bits per heavy atom. The highest BCUT2D eigenvalue weighted by molar-refractivity contribution is 6.37. The number of hydrogen-bond donors (Lipinski definition) is 1. The van der Waals surface area contributed by atoms with E-state index in [-0.39, 0.29) is 17.9 Å². The third-order valence-corrected chi connectivity index (χ3v) is 4.11. The van der Waals surface area contributed by atoms with Gasteiger partial charge in [-0.05, 0) is 25.0 Å². The van der Waals surface area contributed by atoms with Gasteiger partial charge in [0.1, 0.15) is 5.57 Å². The molecule has 1 atom stereocenters. The highest BCUT2D eigenvalue weighted by atomic mass is 35.5. The molecule has 0 aromatic heterocycles. The van der Waals surface area contributed by atoms with Crippen LogP contribution in [0, 0.1) is 0 Å². The van der Waals surface area contributed by atoms with Crippen LogP contribution in [-0.4, -0.2) is 29.9 Å². The monoisotopic (exact) mass is 314 g/mol. The minimum atomic E-state index is -1.06. The van der Waals surface area contributed by atoms with Gasteiger partial charge in [0.15, 0.2) is 11.4 Å². The lowest BCUT2D eigenvalue weighted by atomic mass is 9.92. The van der Waals surface area contributed by atoms with Crippen molar-refractivity contribution in [1.82, 2.24) is 0 Å². The van der Waals surface area contributed by atoms with Crippen molar-refractivity contribution in [3.8, 4) is 0 Å². The van der Waals surface area contributed by atoms with Crippen molar-refractivity contribution >= 4 is 34.7 Å². The zero-order chi connectivity index (χ0) is 14.3. The number of ether oxygens (including phenoxy) is 2. The fourth-order valence-corrected chi connectivity index (χ4v) is 3.07. The van der Waals surface area contributed by atoms with Crippen LogP contribution in [0.4, 0.5) is 0 Å². The topological polar surface area (TPSA) is 55.8 Å². The zero-order valence-electron chi connectivity index (χ0n) is 10.5. The first kappa shape index (κ1) is 13.7. The molecule has 3 rings (SSSR count). The molecule has 20 heavy (non-hydrogen) atoms. The molecule has 1 spiro atoms. The normalized spacial score (nSPS) is 26.2. The van der Waals surface area contributed by atoms with Gasteiger partial charge in [-0.15, -0.1) is 0 Å². The number of benzene rings is 1. The third-order valence-electron chi connectivity index (χ3n) is 3.57. The van der Waals surface area contributed by atoms with E-state index in [1.54, 1.807) is 12.1 Å². The Balaban J connectivity index is 2.09. The number of hydrogen-bond acceptors (Lipinski definition) is 4. The second kappa shape index (κ2) is 4.95. The van der Waals surface area contributed by atoms with Gasteiger partial charge < -0.3 is 14.6 Å². The smallest absolute Gasteiger partial charge is 0.343 e. The molecule has 0 amide bonds. The number of aliphatic hydroxyl groups excluding tert-OH is 1. The fraction of sp³-hybridized carbons (Fsp3) is 0.357. The summed E-state index contributed by atoms with van der Waals surface area (Å²) in [7, 11) is 0. The van der Waals surface area contributed by atoms with Crippen molar-refractivity contribution in [3.63, 3.8) is 0 Å². The number of rotatable bonds is 1. The van der Waals surface area contributed by atoms with Gasteiger partial charge in [0, 0.05) is 17.2 Å². The molecule has 1 fully saturated rings. The Labute approximate surface area is 125 Å². The van der Waals surface area contributed by atoms with Gasteiger partial charge in [0.2, 0.25) is 0 Å². The van der Waals surface area contributed by atoms with E-state index >= 15 is 0 Å². The fourth-order valence-electron chi connectivity index (χ4n) is 2.57. The molecule has 1 unspecified atom stereocenters. The van der Waals surface area contributed by atoms with Crippen molar-refractivity contribution in [3.05, 3.63) is 39.6 Å². The standard InChI is InChI=1S/C14H12Cl2O4/c15-8-2-3-9(10(16)6-8)11-12(17)14(20-13(11)18)4-1-5-19-7-14/h2-3,6,17H,1,4-5,7H2. The molecule has 1 saturated heterocycles. The first-order valence-electron chi connectivity index (χ1n) is 6.24. The van der Waals surface area contributed by atoms with Crippen LogP contribution in [0.15, 0.2) is 24.0 Å². The van der Waals surface area contributed by atoms with Crippen LogP contribution in [0.3, 0.4) is 0 Å². The molecule has 0 radical (unpaired) electrons. The maximum Gasteiger partial charge on any atom is 0.343 e. The molecule has 4 nitrogen and oxygen atoms in total. The second-order valence-corrected chi connectivity index (χ2v) is 5.73. The van der Waals surface area contributed by atoms with Crippen molar-refractivity contribution < 1.29 is 19.4 Å². The third kappa shape index (κ3) is 2.08. The number of carbonyl (C=O) groups excluding carboxylic acids is 1. The van der Waals surface area contributed by atoms with Crippen LogP contribution < -0.4 is 0 Å². The molecule has 106 valence electrons. The van der Waals surface area contributed by atoms with Crippen molar-refractivity contribution in [2.24, 2.45) is 0 Å². The second-order valence-electron chi connectivity index (χ2n) is 4.89. The Bertz CT molecular complexity index is 603. The van der Waals surface area contributed by atoms with Crippen LogP contribution in [0.1, 0.15) is 18.4 Å². The highest BCUT2D eigenvalue weighted by Gasteiger charge is 2.50. The summed E-state index contributed by atoms with van der Waals surface area (Å²) in [6.45, 7) is 0.767. The molecule has 0 bridgehead atoms. The lowest BCUT2D eigenvalue weighted by molar-refractivity contribution is -0.158. The summed E-state index contributed by atoms with van der Waals surface area (Å²) in [6, 6.07) is 4.73. The van der Waals surface area contributed by atoms with E-state index in [0.717, 1.165) is 6.42 Å². The summed E-state index contributed by atoms with van der Waals surface area (Å²) in [5.41, 5.74) is -0.550. The van der Waals surface area contributed by atoms with E-state index in [0.29, 0.717) is 28.6 Å². The van der Waals surface area contributed by atoms with Crippen LogP contribution >= 0.6 is 23.2 Å². The van der Waals surface area contributed by atoms with Gasteiger partial charge in [-0.3, -0.25) is 0 Å². The molecular weight excluding hydrogens is 303 g/mol. The quantitative estimate of drug-likeness (QED) is 0.807. The minimum Gasteiger partial charge on any atom is -0.507 e. The number of carbonyl (C=O) groups is 1. The predicted molar refractivity (Wildman–Crippen MR) is 74.9 cm³/mol. The number of aliphatic hydroxyl groups is 1. The highest BCUT2D eigenvalue weighted by Crippen LogP contribution is 2.43. The first-order valence-corrected chi connectivity index (χ1v) is 6.99. The molecule has 0 saturated carbocycles. The summed E-state index contributed by atoms with van der Waals surface area (Å²) < 4.78 is 10.7. The van der Waals surface area contributed by atoms with E-state index < -0.39 is 11.6 Å². The average molecular weight is 315 g/mol. The Hall–Kier alpha value is -1.23. The number of halogens is 2. The summed E-state index contributed by atoms with van der Waals surface area (Å²) in [5.74, 6) is -0.691. The molecule has 0 aliphatic carbocycles. The summed E-state index contributed by atoms with van der Waals surface area (Å²) >= 11 is 11.9. The zero-order valence-corrected chi connectivity index (χ0v) is 12.0. The van der Waals surface area contributed by atoms with E-state index in [9.17, 15) is 9.90 Å². The molecule has 6 heteroatoms.